The zero-order valence-electron chi connectivity index (χ0n) is 13.8. The average Bonchev–Trinajstić information content (AvgIpc) is 2.70. The number of hydrogen-bond donors (Lipinski definition) is 0. The van der Waals surface area contributed by atoms with Gasteiger partial charge in [0.15, 0.2) is 5.78 Å². The van der Waals surface area contributed by atoms with Crippen molar-refractivity contribution in [3.8, 4) is 0 Å². The maximum atomic E-state index is 12.8. The number of piperidine rings is 1. The predicted octanol–water partition coefficient (Wildman–Crippen LogP) is 4.21. The molecule has 1 aliphatic heterocycles. The van der Waals surface area contributed by atoms with Crippen LogP contribution in [-0.2, 0) is 11.2 Å². The van der Waals surface area contributed by atoms with Gasteiger partial charge in [-0.2, -0.15) is 0 Å². The molecule has 2 aliphatic rings. The summed E-state index contributed by atoms with van der Waals surface area (Å²) in [5.74, 6) is 0.240. The Kier molecular flexibility index (Phi) is 4.03. The molecule has 1 saturated heterocycles. The van der Waals surface area contributed by atoms with Crippen LogP contribution in [0, 0.1) is 5.41 Å². The topological polar surface area (TPSA) is 46.6 Å². The number of likely N-dealkylation sites (tertiary alicyclic amines) is 1. The number of benzene rings is 1. The molecule has 1 aromatic rings. The second kappa shape index (κ2) is 5.62. The lowest BCUT2D eigenvalue weighted by Gasteiger charge is -2.38. The van der Waals surface area contributed by atoms with Crippen LogP contribution in [0.3, 0.4) is 0 Å². The Morgan fingerprint density at radius 2 is 1.91 bits per heavy atom. The quantitative estimate of drug-likeness (QED) is 0.678. The molecular weight excluding hydrogens is 358 g/mol. The molecule has 23 heavy (non-hydrogen) atoms. The van der Waals surface area contributed by atoms with Gasteiger partial charge in [-0.25, -0.2) is 4.79 Å². The van der Waals surface area contributed by atoms with E-state index in [9.17, 15) is 9.59 Å². The van der Waals surface area contributed by atoms with Gasteiger partial charge in [0, 0.05) is 28.5 Å². The van der Waals surface area contributed by atoms with Crippen molar-refractivity contribution >= 4 is 27.8 Å². The highest BCUT2D eigenvalue weighted by Crippen LogP contribution is 2.45. The van der Waals surface area contributed by atoms with Crippen LogP contribution in [0.1, 0.15) is 49.5 Å². The summed E-state index contributed by atoms with van der Waals surface area (Å²) in [5.41, 5.74) is 1.15. The first-order chi connectivity index (χ1) is 10.7. The van der Waals surface area contributed by atoms with Gasteiger partial charge in [0.1, 0.15) is 5.60 Å². The maximum Gasteiger partial charge on any atom is 0.410 e. The first kappa shape index (κ1) is 16.5. The van der Waals surface area contributed by atoms with Gasteiger partial charge in [-0.05, 0) is 63.8 Å². The summed E-state index contributed by atoms with van der Waals surface area (Å²) in [6.07, 6.45) is 1.91. The number of fused-ring (bicyclic) bond motifs is 1. The minimum atomic E-state index is -0.488. The molecule has 5 heteroatoms. The summed E-state index contributed by atoms with van der Waals surface area (Å²) in [7, 11) is 0. The molecule has 0 radical (unpaired) electrons. The fraction of sp³-hybridized carbons (Fsp3) is 0.556. The van der Waals surface area contributed by atoms with Crippen molar-refractivity contribution in [2.45, 2.75) is 45.6 Å². The molecule has 3 rings (SSSR count). The number of ketones is 1. The maximum absolute atomic E-state index is 12.8. The van der Waals surface area contributed by atoms with E-state index in [1.54, 1.807) is 4.90 Å². The summed E-state index contributed by atoms with van der Waals surface area (Å²) in [6, 6.07) is 5.88. The molecule has 1 fully saturated rings. The lowest BCUT2D eigenvalue weighted by Crippen LogP contribution is -2.47. The van der Waals surface area contributed by atoms with E-state index in [0.29, 0.717) is 25.9 Å². The lowest BCUT2D eigenvalue weighted by atomic mass is 9.75. The van der Waals surface area contributed by atoms with Crippen LogP contribution in [0.25, 0.3) is 0 Å². The number of ether oxygens (including phenoxy) is 1. The van der Waals surface area contributed by atoms with Gasteiger partial charge in [-0.15, -0.1) is 0 Å². The molecule has 1 aromatic carbocycles. The van der Waals surface area contributed by atoms with Gasteiger partial charge in [0.25, 0.3) is 0 Å². The lowest BCUT2D eigenvalue weighted by molar-refractivity contribution is 0.0114. The van der Waals surface area contributed by atoms with Crippen LogP contribution in [0.15, 0.2) is 22.7 Å². The Morgan fingerprint density at radius 1 is 1.26 bits per heavy atom. The molecular formula is C18H22BrNO3. The van der Waals surface area contributed by atoms with Gasteiger partial charge >= 0.3 is 6.09 Å². The molecule has 124 valence electrons. The molecule has 0 aromatic heterocycles. The fourth-order valence-electron chi connectivity index (χ4n) is 3.51. The van der Waals surface area contributed by atoms with Crippen molar-refractivity contribution in [3.63, 3.8) is 0 Å². The normalized spacial score (nSPS) is 19.8. The van der Waals surface area contributed by atoms with Crippen LogP contribution in [0.4, 0.5) is 4.79 Å². The molecule has 0 atom stereocenters. The summed E-state index contributed by atoms with van der Waals surface area (Å²) in [6.45, 7) is 6.76. The molecule has 0 unspecified atom stereocenters. The summed E-state index contributed by atoms with van der Waals surface area (Å²) >= 11 is 3.47. The van der Waals surface area contributed by atoms with Crippen molar-refractivity contribution < 1.29 is 14.3 Å². The number of Topliss-reactive ketones (excluding diaryl/α,β-unsaturated/α-hetero) is 1. The number of hydrogen-bond acceptors (Lipinski definition) is 3. The molecule has 1 heterocycles. The van der Waals surface area contributed by atoms with Crippen molar-refractivity contribution in [2.24, 2.45) is 5.41 Å². The van der Waals surface area contributed by atoms with E-state index in [0.717, 1.165) is 22.0 Å². The smallest absolute Gasteiger partial charge is 0.410 e. The molecule has 1 amide bonds. The fourth-order valence-corrected chi connectivity index (χ4v) is 3.92. The molecule has 1 aliphatic carbocycles. The Balaban J connectivity index is 1.70. The molecule has 0 bridgehead atoms. The highest BCUT2D eigenvalue weighted by Gasteiger charge is 2.47. The third-order valence-corrected chi connectivity index (χ3v) is 5.19. The predicted molar refractivity (Wildman–Crippen MR) is 91.7 cm³/mol. The minimum absolute atomic E-state index is 0.240. The van der Waals surface area contributed by atoms with Gasteiger partial charge in [-0.3, -0.25) is 4.79 Å². The molecule has 1 spiro atoms. The van der Waals surface area contributed by atoms with Crippen molar-refractivity contribution in [1.82, 2.24) is 4.90 Å². The van der Waals surface area contributed by atoms with E-state index in [1.165, 1.54) is 0 Å². The van der Waals surface area contributed by atoms with Gasteiger partial charge in [0.05, 0.1) is 0 Å². The van der Waals surface area contributed by atoms with E-state index >= 15 is 0 Å². The van der Waals surface area contributed by atoms with E-state index < -0.39 is 5.60 Å². The number of amides is 1. The number of carbonyl (C=O) groups is 2. The van der Waals surface area contributed by atoms with Crippen LogP contribution in [-0.4, -0.2) is 35.5 Å². The number of halogens is 1. The minimum Gasteiger partial charge on any atom is -0.444 e. The Bertz CT molecular complexity index is 655. The van der Waals surface area contributed by atoms with Crippen LogP contribution in [0.5, 0.6) is 0 Å². The monoisotopic (exact) mass is 379 g/mol. The summed E-state index contributed by atoms with van der Waals surface area (Å²) in [5, 5.41) is 0. The SMILES string of the molecule is CC(C)(C)OC(=O)N1CCC2(CC1)Cc1cc(Br)ccc1C2=O. The Hall–Kier alpha value is -1.36. The third-order valence-electron chi connectivity index (χ3n) is 4.69. The highest BCUT2D eigenvalue weighted by molar-refractivity contribution is 9.10. The molecule has 0 N–H and O–H groups in total. The van der Waals surface area contributed by atoms with Gasteiger partial charge in [-0.1, -0.05) is 15.9 Å². The standard InChI is InChI=1S/C18H22BrNO3/c1-17(2,3)23-16(22)20-8-6-18(7-9-20)11-12-10-13(19)4-5-14(12)15(18)21/h4-5,10H,6-9,11H2,1-3H3. The Morgan fingerprint density at radius 3 is 2.52 bits per heavy atom. The van der Waals surface area contributed by atoms with Crippen molar-refractivity contribution in [2.75, 3.05) is 13.1 Å². The summed E-state index contributed by atoms with van der Waals surface area (Å²) in [4.78, 5) is 26.7. The number of carbonyl (C=O) groups excluding carboxylic acids is 2. The second-order valence-corrected chi connectivity index (χ2v) is 8.47. The third kappa shape index (κ3) is 3.16. The zero-order chi connectivity index (χ0) is 16.8. The largest absolute Gasteiger partial charge is 0.444 e. The second-order valence-electron chi connectivity index (χ2n) is 7.56. The highest BCUT2D eigenvalue weighted by atomic mass is 79.9. The summed E-state index contributed by atoms with van der Waals surface area (Å²) < 4.78 is 6.44. The van der Waals surface area contributed by atoms with E-state index in [1.807, 2.05) is 39.0 Å². The van der Waals surface area contributed by atoms with Crippen LogP contribution < -0.4 is 0 Å². The van der Waals surface area contributed by atoms with E-state index in [-0.39, 0.29) is 17.3 Å². The first-order valence-corrected chi connectivity index (χ1v) is 8.81. The first-order valence-electron chi connectivity index (χ1n) is 8.01. The number of nitrogens with zero attached hydrogens (tertiary/aromatic N) is 1. The average molecular weight is 380 g/mol. The van der Waals surface area contributed by atoms with Crippen molar-refractivity contribution in [1.29, 1.82) is 0 Å². The number of rotatable bonds is 0. The van der Waals surface area contributed by atoms with Gasteiger partial charge < -0.3 is 9.64 Å². The van der Waals surface area contributed by atoms with Crippen molar-refractivity contribution in [3.05, 3.63) is 33.8 Å². The molecule has 0 saturated carbocycles. The van der Waals surface area contributed by atoms with Crippen LogP contribution >= 0.6 is 15.9 Å². The van der Waals surface area contributed by atoms with E-state index in [4.69, 9.17) is 4.74 Å². The zero-order valence-corrected chi connectivity index (χ0v) is 15.4. The van der Waals surface area contributed by atoms with Gasteiger partial charge in [0.2, 0.25) is 0 Å². The van der Waals surface area contributed by atoms with Crippen LogP contribution in [0.2, 0.25) is 0 Å². The molecule has 4 nitrogen and oxygen atoms in total. The Labute approximate surface area is 145 Å². The van der Waals surface area contributed by atoms with E-state index in [2.05, 4.69) is 15.9 Å².